The van der Waals surface area contributed by atoms with Crippen molar-refractivity contribution in [3.63, 3.8) is 0 Å². The number of benzene rings is 2. The second-order valence-electron chi connectivity index (χ2n) is 9.12. The maximum atomic E-state index is 12.5. The van der Waals surface area contributed by atoms with E-state index in [-0.39, 0.29) is 22.6 Å². The second kappa shape index (κ2) is 10.0. The van der Waals surface area contributed by atoms with Crippen LogP contribution in [0.15, 0.2) is 41.4 Å². The molecule has 1 saturated heterocycles. The van der Waals surface area contributed by atoms with E-state index >= 15 is 0 Å². The van der Waals surface area contributed by atoms with Gasteiger partial charge in [-0.25, -0.2) is 8.42 Å². The molecule has 1 aromatic heterocycles. The Labute approximate surface area is 206 Å². The number of aromatic nitrogens is 1. The predicted molar refractivity (Wildman–Crippen MR) is 135 cm³/mol. The summed E-state index contributed by atoms with van der Waals surface area (Å²) in [5.41, 5.74) is 9.55. The number of piperidine rings is 1. The number of likely N-dealkylation sites (tertiary alicyclic amines) is 1. The average molecular weight is 500 g/mol. The van der Waals surface area contributed by atoms with Crippen LogP contribution in [0.25, 0.3) is 10.9 Å². The van der Waals surface area contributed by atoms with Gasteiger partial charge in [0.05, 0.1) is 23.7 Å². The molecule has 2 atom stereocenters. The first kappa shape index (κ1) is 25.2. The van der Waals surface area contributed by atoms with Crippen LogP contribution in [0.1, 0.15) is 52.9 Å². The van der Waals surface area contributed by atoms with E-state index in [2.05, 4.69) is 22.9 Å². The molecule has 0 unspecified atom stereocenters. The molecule has 1 aliphatic heterocycles. The summed E-state index contributed by atoms with van der Waals surface area (Å²) in [5, 5.41) is 1.11. The van der Waals surface area contributed by atoms with E-state index in [1.807, 2.05) is 19.2 Å². The minimum atomic E-state index is -3.65. The fourth-order valence-electron chi connectivity index (χ4n) is 5.15. The van der Waals surface area contributed by atoms with E-state index in [1.165, 1.54) is 6.07 Å². The second-order valence-corrected chi connectivity index (χ2v) is 11.1. The lowest BCUT2D eigenvalue weighted by Crippen LogP contribution is -2.39. The molecule has 2 aromatic carbocycles. The highest BCUT2D eigenvalue weighted by Gasteiger charge is 2.32. The molecule has 0 aliphatic carbocycles. The number of nitrogens with two attached hydrogens (primary N) is 1. The number of sulfone groups is 1. The van der Waals surface area contributed by atoms with Crippen LogP contribution in [0, 0.1) is 6.92 Å². The molecule has 1 amide bonds. The van der Waals surface area contributed by atoms with Gasteiger partial charge in [0.2, 0.25) is 5.91 Å². The first-order chi connectivity index (χ1) is 16.6. The Morgan fingerprint density at radius 3 is 2.69 bits per heavy atom. The number of primary amides is 1. The fourth-order valence-corrected chi connectivity index (χ4v) is 6.06. The lowest BCUT2D eigenvalue weighted by Gasteiger charge is -2.40. The Kier molecular flexibility index (Phi) is 7.21. The van der Waals surface area contributed by atoms with Gasteiger partial charge in [-0.3, -0.25) is 9.69 Å². The van der Waals surface area contributed by atoms with Gasteiger partial charge in [-0.15, -0.1) is 0 Å². The summed E-state index contributed by atoms with van der Waals surface area (Å²) in [4.78, 5) is 17.5. The number of aromatic amines is 1. The van der Waals surface area contributed by atoms with Crippen LogP contribution in [0.5, 0.6) is 5.75 Å². The SMILES string of the molecule is CCO[C@H]1CCN(Cc2c(OC)cc(C)c3[nH]ccc23)[C@H](c2ccc(C(N)=O)c(S(C)(=O)=O)c2)C1. The standard InChI is InChI=1S/C26H33N3O5S/c1-5-34-18-9-11-29(15-21-19-8-10-28-25(19)16(2)12-23(21)33-3)22(14-18)17-6-7-20(26(27)30)24(13-17)35(4,31)32/h6-8,10,12-13,18,22,28H,5,9,11,14-15H2,1-4H3,(H2,27,30)/t18-,22-/m0/s1. The lowest BCUT2D eigenvalue weighted by molar-refractivity contribution is -0.0138. The number of nitrogens with one attached hydrogen (secondary N) is 1. The maximum absolute atomic E-state index is 12.5. The normalized spacial score (nSPS) is 19.2. The summed E-state index contributed by atoms with van der Waals surface area (Å²) in [6.45, 7) is 6.03. The maximum Gasteiger partial charge on any atom is 0.250 e. The van der Waals surface area contributed by atoms with Gasteiger partial charge in [-0.05, 0) is 62.1 Å². The third-order valence-electron chi connectivity index (χ3n) is 6.82. The van der Waals surface area contributed by atoms with Crippen molar-refractivity contribution in [1.82, 2.24) is 9.88 Å². The number of aryl methyl sites for hydroxylation is 1. The van der Waals surface area contributed by atoms with Crippen molar-refractivity contribution >= 4 is 26.6 Å². The summed E-state index contributed by atoms with van der Waals surface area (Å²) in [6, 6.07) is 8.92. The molecule has 0 bridgehead atoms. The molecule has 2 heterocycles. The summed E-state index contributed by atoms with van der Waals surface area (Å²) in [6.07, 6.45) is 4.66. The Morgan fingerprint density at radius 2 is 2.03 bits per heavy atom. The van der Waals surface area contributed by atoms with E-state index in [1.54, 1.807) is 19.2 Å². The van der Waals surface area contributed by atoms with Crippen molar-refractivity contribution in [3.8, 4) is 5.75 Å². The molecule has 0 spiro atoms. The van der Waals surface area contributed by atoms with Gasteiger partial charge in [0, 0.05) is 54.7 Å². The molecule has 3 N–H and O–H groups in total. The van der Waals surface area contributed by atoms with Crippen molar-refractivity contribution < 1.29 is 22.7 Å². The van der Waals surface area contributed by atoms with Crippen LogP contribution in [0.3, 0.4) is 0 Å². The largest absolute Gasteiger partial charge is 0.496 e. The number of hydrogen-bond donors (Lipinski definition) is 2. The van der Waals surface area contributed by atoms with Crippen molar-refractivity contribution in [2.75, 3.05) is 26.5 Å². The topological polar surface area (TPSA) is 115 Å². The third-order valence-corrected chi connectivity index (χ3v) is 7.95. The first-order valence-corrected chi connectivity index (χ1v) is 13.7. The molecule has 0 radical (unpaired) electrons. The fraction of sp³-hybridized carbons (Fsp3) is 0.423. The molecule has 8 nitrogen and oxygen atoms in total. The highest BCUT2D eigenvalue weighted by Crippen LogP contribution is 2.38. The van der Waals surface area contributed by atoms with Gasteiger partial charge in [-0.2, -0.15) is 0 Å². The molecule has 3 aromatic rings. The summed E-state index contributed by atoms with van der Waals surface area (Å²) < 4.78 is 36.7. The van der Waals surface area contributed by atoms with E-state index in [4.69, 9.17) is 15.2 Å². The number of fused-ring (bicyclic) bond motifs is 1. The Balaban J connectivity index is 1.78. The molecule has 1 aliphatic rings. The lowest BCUT2D eigenvalue weighted by atomic mass is 9.91. The molecular formula is C26H33N3O5S. The van der Waals surface area contributed by atoms with Crippen molar-refractivity contribution in [2.24, 2.45) is 5.73 Å². The summed E-state index contributed by atoms with van der Waals surface area (Å²) in [7, 11) is -1.97. The van der Waals surface area contributed by atoms with Gasteiger partial charge in [-0.1, -0.05) is 6.07 Å². The third kappa shape index (κ3) is 5.07. The number of ether oxygens (including phenoxy) is 2. The highest BCUT2D eigenvalue weighted by atomic mass is 32.2. The van der Waals surface area contributed by atoms with Crippen molar-refractivity contribution in [2.45, 2.75) is 50.3 Å². The summed E-state index contributed by atoms with van der Waals surface area (Å²) in [5.74, 6) is 0.0603. The van der Waals surface area contributed by atoms with E-state index < -0.39 is 15.7 Å². The van der Waals surface area contributed by atoms with Gasteiger partial charge in [0.15, 0.2) is 9.84 Å². The minimum Gasteiger partial charge on any atom is -0.496 e. The van der Waals surface area contributed by atoms with Crippen molar-refractivity contribution in [1.29, 1.82) is 0 Å². The number of rotatable bonds is 8. The predicted octanol–water partition coefficient (Wildman–Crippen LogP) is 3.73. The van der Waals surface area contributed by atoms with Crippen LogP contribution >= 0.6 is 0 Å². The Bertz CT molecular complexity index is 1350. The smallest absolute Gasteiger partial charge is 0.250 e. The molecule has 188 valence electrons. The molecule has 4 rings (SSSR count). The zero-order valence-electron chi connectivity index (χ0n) is 20.6. The monoisotopic (exact) mass is 499 g/mol. The zero-order chi connectivity index (χ0) is 25.3. The van der Waals surface area contributed by atoms with Crippen LogP contribution in [-0.2, 0) is 21.1 Å². The van der Waals surface area contributed by atoms with E-state index in [0.717, 1.165) is 52.6 Å². The van der Waals surface area contributed by atoms with Gasteiger partial charge in [0.1, 0.15) is 5.75 Å². The van der Waals surface area contributed by atoms with Gasteiger partial charge < -0.3 is 20.2 Å². The van der Waals surface area contributed by atoms with Crippen LogP contribution < -0.4 is 10.5 Å². The van der Waals surface area contributed by atoms with Crippen LogP contribution in [-0.4, -0.2) is 56.8 Å². The quantitative estimate of drug-likeness (QED) is 0.488. The Morgan fingerprint density at radius 1 is 1.26 bits per heavy atom. The summed E-state index contributed by atoms with van der Waals surface area (Å²) >= 11 is 0. The number of carbonyl (C=O) groups excluding carboxylic acids is 1. The van der Waals surface area contributed by atoms with Crippen LogP contribution in [0.4, 0.5) is 0 Å². The number of carbonyl (C=O) groups is 1. The highest BCUT2D eigenvalue weighted by molar-refractivity contribution is 7.90. The Hall–Kier alpha value is -2.88. The average Bonchev–Trinajstić information content (AvgIpc) is 3.31. The molecule has 9 heteroatoms. The number of nitrogens with zero attached hydrogens (tertiary/aromatic N) is 1. The molecular weight excluding hydrogens is 466 g/mol. The van der Waals surface area contributed by atoms with Crippen LogP contribution in [0.2, 0.25) is 0 Å². The molecule has 35 heavy (non-hydrogen) atoms. The number of methoxy groups -OCH3 is 1. The van der Waals surface area contributed by atoms with Crippen molar-refractivity contribution in [3.05, 3.63) is 58.8 Å². The number of amides is 1. The zero-order valence-corrected chi connectivity index (χ0v) is 21.4. The number of H-pyrrole nitrogens is 1. The molecule has 1 fully saturated rings. The number of hydrogen-bond acceptors (Lipinski definition) is 6. The first-order valence-electron chi connectivity index (χ1n) is 11.8. The van der Waals surface area contributed by atoms with Gasteiger partial charge in [0.25, 0.3) is 0 Å². The van der Waals surface area contributed by atoms with Gasteiger partial charge >= 0.3 is 0 Å². The molecule has 0 saturated carbocycles. The minimum absolute atomic E-state index is 0.00852. The van der Waals surface area contributed by atoms with E-state index in [0.29, 0.717) is 19.6 Å². The van der Waals surface area contributed by atoms with E-state index in [9.17, 15) is 13.2 Å².